The molecule has 82 valence electrons. The van der Waals surface area contributed by atoms with Crippen molar-refractivity contribution in [3.63, 3.8) is 0 Å². The summed E-state index contributed by atoms with van der Waals surface area (Å²) < 4.78 is 0. The van der Waals surface area contributed by atoms with Gasteiger partial charge in [-0.25, -0.2) is 0 Å². The van der Waals surface area contributed by atoms with Crippen molar-refractivity contribution < 1.29 is 4.79 Å². The Hall–Kier alpha value is -0.790. The van der Waals surface area contributed by atoms with E-state index in [-0.39, 0.29) is 11.3 Å². The first-order valence-electron chi connectivity index (χ1n) is 5.30. The summed E-state index contributed by atoms with van der Waals surface area (Å²) in [5.74, 6) is 0.206. The highest BCUT2D eigenvalue weighted by atomic mass is 16.1. The molecule has 0 rings (SSSR count). The zero-order chi connectivity index (χ0) is 11.4. The van der Waals surface area contributed by atoms with Crippen LogP contribution in [0.25, 0.3) is 0 Å². The number of nitrogens with zero attached hydrogens (tertiary/aromatic N) is 1. The molecule has 0 aromatic carbocycles. The van der Waals surface area contributed by atoms with E-state index in [4.69, 9.17) is 0 Å². The van der Waals surface area contributed by atoms with Gasteiger partial charge in [0.05, 0.1) is 0 Å². The minimum Gasteiger partial charge on any atom is -0.373 e. The molecule has 0 bridgehead atoms. The number of allylic oxidation sites excluding steroid dienone is 2. The fourth-order valence-corrected chi connectivity index (χ4v) is 1.15. The third kappa shape index (κ3) is 3.95. The van der Waals surface area contributed by atoms with Gasteiger partial charge >= 0.3 is 0 Å². The smallest absolute Gasteiger partial charge is 0.157 e. The molecule has 2 nitrogen and oxygen atoms in total. The Morgan fingerprint density at radius 1 is 1.21 bits per heavy atom. The number of carbonyl (C=O) groups excluding carboxylic acids is 1. The topological polar surface area (TPSA) is 20.3 Å². The van der Waals surface area contributed by atoms with Crippen molar-refractivity contribution in [2.75, 3.05) is 7.05 Å². The van der Waals surface area contributed by atoms with Crippen LogP contribution in [0, 0.1) is 0 Å². The van der Waals surface area contributed by atoms with Crippen molar-refractivity contribution >= 4 is 5.78 Å². The molecule has 0 radical (unpaired) electrons. The molecule has 0 amide bonds. The van der Waals surface area contributed by atoms with Crippen LogP contribution >= 0.6 is 0 Å². The first kappa shape index (κ1) is 13.2. The summed E-state index contributed by atoms with van der Waals surface area (Å²) in [5.41, 5.74) is 1.19. The van der Waals surface area contributed by atoms with Crippen LogP contribution in [-0.2, 0) is 4.79 Å². The average Bonchev–Trinajstić information content (AvgIpc) is 2.11. The highest BCUT2D eigenvalue weighted by molar-refractivity contribution is 5.89. The van der Waals surface area contributed by atoms with Crippen molar-refractivity contribution in [2.24, 2.45) is 0 Å². The first-order chi connectivity index (χ1) is 6.32. The number of hydrogen-bond acceptors (Lipinski definition) is 2. The maximum atomic E-state index is 11.3. The molecule has 0 atom stereocenters. The highest BCUT2D eigenvalue weighted by Gasteiger charge is 2.18. The van der Waals surface area contributed by atoms with Gasteiger partial charge in [-0.1, -0.05) is 13.8 Å². The van der Waals surface area contributed by atoms with E-state index >= 15 is 0 Å². The highest BCUT2D eigenvalue weighted by Crippen LogP contribution is 2.19. The van der Waals surface area contributed by atoms with Crippen LogP contribution < -0.4 is 0 Å². The fraction of sp³-hybridized carbons (Fsp3) is 0.750. The Balaban J connectivity index is 4.73. The first-order valence-corrected chi connectivity index (χ1v) is 5.30. The largest absolute Gasteiger partial charge is 0.373 e. The lowest BCUT2D eigenvalue weighted by Crippen LogP contribution is -2.37. The van der Waals surface area contributed by atoms with Gasteiger partial charge in [0.15, 0.2) is 5.78 Å². The fourth-order valence-electron chi connectivity index (χ4n) is 1.15. The summed E-state index contributed by atoms with van der Waals surface area (Å²) in [6.45, 7) is 10.4. The van der Waals surface area contributed by atoms with Gasteiger partial charge in [0.1, 0.15) is 0 Å². The molecule has 0 aliphatic rings. The standard InChI is InChI=1S/C12H23NO/c1-7-10(9-11(14)8-2)13(6)12(3,4)5/h9H,7-8H2,1-6H3. The Labute approximate surface area is 88.0 Å². The molecule has 14 heavy (non-hydrogen) atoms. The van der Waals surface area contributed by atoms with E-state index in [0.29, 0.717) is 6.42 Å². The number of carbonyl (C=O) groups is 1. The Kier molecular flexibility index (Phi) is 4.89. The van der Waals surface area contributed by atoms with Crippen LogP contribution in [0.3, 0.4) is 0 Å². The van der Waals surface area contributed by atoms with E-state index in [0.717, 1.165) is 12.1 Å². The molecule has 0 fully saturated rings. The van der Waals surface area contributed by atoms with E-state index in [1.165, 1.54) is 0 Å². The van der Waals surface area contributed by atoms with Crippen LogP contribution in [0.2, 0.25) is 0 Å². The summed E-state index contributed by atoms with van der Waals surface area (Å²) in [6.07, 6.45) is 3.26. The number of hydrogen-bond donors (Lipinski definition) is 0. The van der Waals surface area contributed by atoms with Gasteiger partial charge in [0.2, 0.25) is 0 Å². The van der Waals surface area contributed by atoms with E-state index < -0.39 is 0 Å². The lowest BCUT2D eigenvalue weighted by Gasteiger charge is -2.35. The molecular weight excluding hydrogens is 174 g/mol. The second kappa shape index (κ2) is 5.18. The summed E-state index contributed by atoms with van der Waals surface area (Å²) >= 11 is 0. The third-order valence-electron chi connectivity index (χ3n) is 2.48. The lowest BCUT2D eigenvalue weighted by atomic mass is 10.0. The third-order valence-corrected chi connectivity index (χ3v) is 2.48. The molecule has 0 saturated carbocycles. The van der Waals surface area contributed by atoms with Crippen molar-refractivity contribution in [3.8, 4) is 0 Å². The zero-order valence-corrected chi connectivity index (χ0v) is 10.3. The molecule has 0 aliphatic heterocycles. The second-order valence-electron chi connectivity index (χ2n) is 4.54. The quantitative estimate of drug-likeness (QED) is 0.646. The molecule has 0 unspecified atom stereocenters. The maximum absolute atomic E-state index is 11.3. The second-order valence-corrected chi connectivity index (χ2v) is 4.54. The molecule has 2 heteroatoms. The van der Waals surface area contributed by atoms with E-state index in [9.17, 15) is 4.79 Å². The molecule has 0 aromatic rings. The van der Waals surface area contributed by atoms with Gasteiger partial charge in [0.25, 0.3) is 0 Å². The Bertz CT molecular complexity index is 223. The zero-order valence-electron chi connectivity index (χ0n) is 10.3. The molecule has 0 aliphatic carbocycles. The van der Waals surface area contributed by atoms with Crippen molar-refractivity contribution in [1.29, 1.82) is 0 Å². The van der Waals surface area contributed by atoms with Gasteiger partial charge in [0, 0.05) is 30.8 Å². The molecule has 0 saturated heterocycles. The molecule has 0 N–H and O–H groups in total. The van der Waals surface area contributed by atoms with Crippen LogP contribution in [-0.4, -0.2) is 23.3 Å². The van der Waals surface area contributed by atoms with Gasteiger partial charge < -0.3 is 4.90 Å². The molecule has 0 spiro atoms. The van der Waals surface area contributed by atoms with Gasteiger partial charge in [-0.05, 0) is 27.2 Å². The molecule has 0 heterocycles. The predicted octanol–water partition coefficient (Wildman–Crippen LogP) is 2.99. The van der Waals surface area contributed by atoms with E-state index in [1.54, 1.807) is 6.08 Å². The van der Waals surface area contributed by atoms with Crippen molar-refractivity contribution in [1.82, 2.24) is 4.90 Å². The Morgan fingerprint density at radius 2 is 1.71 bits per heavy atom. The van der Waals surface area contributed by atoms with E-state index in [2.05, 4.69) is 32.6 Å². The SMILES string of the molecule is CCC(=O)C=C(CC)N(C)C(C)(C)C. The van der Waals surface area contributed by atoms with Crippen molar-refractivity contribution in [2.45, 2.75) is 53.0 Å². The van der Waals surface area contributed by atoms with Gasteiger partial charge in [-0.3, -0.25) is 4.79 Å². The van der Waals surface area contributed by atoms with Crippen LogP contribution in [0.5, 0.6) is 0 Å². The van der Waals surface area contributed by atoms with Crippen LogP contribution in [0.1, 0.15) is 47.5 Å². The van der Waals surface area contributed by atoms with Crippen molar-refractivity contribution in [3.05, 3.63) is 11.8 Å². The monoisotopic (exact) mass is 197 g/mol. The number of ketones is 1. The summed E-state index contributed by atoms with van der Waals surface area (Å²) in [6, 6.07) is 0. The molecular formula is C12H23NO. The van der Waals surface area contributed by atoms with Crippen LogP contribution in [0.4, 0.5) is 0 Å². The minimum atomic E-state index is 0.0792. The summed E-state index contributed by atoms with van der Waals surface area (Å²) in [7, 11) is 2.04. The average molecular weight is 197 g/mol. The normalized spacial score (nSPS) is 12.9. The van der Waals surface area contributed by atoms with Gasteiger partial charge in [-0.15, -0.1) is 0 Å². The van der Waals surface area contributed by atoms with Gasteiger partial charge in [-0.2, -0.15) is 0 Å². The Morgan fingerprint density at radius 3 is 2.00 bits per heavy atom. The number of rotatable bonds is 4. The molecule has 0 aromatic heterocycles. The lowest BCUT2D eigenvalue weighted by molar-refractivity contribution is -0.114. The summed E-state index contributed by atoms with van der Waals surface area (Å²) in [4.78, 5) is 13.5. The van der Waals surface area contributed by atoms with Crippen LogP contribution in [0.15, 0.2) is 11.8 Å². The minimum absolute atomic E-state index is 0.0792. The maximum Gasteiger partial charge on any atom is 0.157 e. The predicted molar refractivity (Wildman–Crippen MR) is 61.2 cm³/mol. The van der Waals surface area contributed by atoms with E-state index in [1.807, 2.05) is 14.0 Å². The summed E-state index contributed by atoms with van der Waals surface area (Å²) in [5, 5.41) is 0.